The lowest BCUT2D eigenvalue weighted by Gasteiger charge is -2.16. The second-order valence-electron chi connectivity index (χ2n) is 2.79. The van der Waals surface area contributed by atoms with Gasteiger partial charge in [0.2, 0.25) is 5.91 Å². The number of hydrogen-bond acceptors (Lipinski definition) is 5. The molecule has 1 aromatic rings. The summed E-state index contributed by atoms with van der Waals surface area (Å²) in [4.78, 5) is 15.4. The molecule has 0 aliphatic carbocycles. The van der Waals surface area contributed by atoms with Crippen LogP contribution in [0.4, 0.5) is 5.13 Å². The van der Waals surface area contributed by atoms with E-state index in [1.807, 2.05) is 0 Å². The van der Waals surface area contributed by atoms with Crippen molar-refractivity contribution in [3.8, 4) is 0 Å². The van der Waals surface area contributed by atoms with Crippen LogP contribution in [0.25, 0.3) is 0 Å². The third-order valence-corrected chi connectivity index (χ3v) is 2.53. The number of ether oxygens (including phenoxy) is 1. The van der Waals surface area contributed by atoms with Crippen LogP contribution in [0.1, 0.15) is 6.92 Å². The molecule has 0 bridgehead atoms. The molecule has 78 valence electrons. The Kier molecular flexibility index (Phi) is 3.99. The SMILES string of the molecule is CO[C@H](C)[C@H](N)C(=O)Nc1nccs1. The number of anilines is 1. The Morgan fingerprint density at radius 2 is 2.50 bits per heavy atom. The van der Waals surface area contributed by atoms with E-state index in [1.165, 1.54) is 18.4 Å². The maximum atomic E-state index is 11.5. The van der Waals surface area contributed by atoms with Crippen LogP contribution in [-0.4, -0.2) is 30.1 Å². The molecular weight excluding hydrogens is 202 g/mol. The van der Waals surface area contributed by atoms with Crippen LogP contribution in [0.15, 0.2) is 11.6 Å². The summed E-state index contributed by atoms with van der Waals surface area (Å²) in [6.07, 6.45) is 1.31. The Morgan fingerprint density at radius 3 is 3.00 bits per heavy atom. The van der Waals surface area contributed by atoms with Gasteiger partial charge in [-0.3, -0.25) is 4.79 Å². The summed E-state index contributed by atoms with van der Waals surface area (Å²) in [5.74, 6) is -0.283. The molecule has 0 radical (unpaired) electrons. The van der Waals surface area contributed by atoms with Crippen molar-refractivity contribution in [1.82, 2.24) is 4.98 Å². The van der Waals surface area contributed by atoms with Crippen LogP contribution < -0.4 is 11.1 Å². The summed E-state index contributed by atoms with van der Waals surface area (Å²) in [5, 5.41) is 4.93. The minimum Gasteiger partial charge on any atom is -0.380 e. The lowest BCUT2D eigenvalue weighted by molar-refractivity contribution is -0.119. The number of nitrogens with one attached hydrogen (secondary N) is 1. The van der Waals surface area contributed by atoms with Gasteiger partial charge in [0, 0.05) is 18.7 Å². The summed E-state index contributed by atoms with van der Waals surface area (Å²) in [5.41, 5.74) is 5.63. The molecule has 1 heterocycles. The first-order valence-electron chi connectivity index (χ1n) is 4.14. The van der Waals surface area contributed by atoms with Crippen molar-refractivity contribution in [1.29, 1.82) is 0 Å². The van der Waals surface area contributed by atoms with E-state index >= 15 is 0 Å². The summed E-state index contributed by atoms with van der Waals surface area (Å²) < 4.78 is 4.95. The number of rotatable bonds is 4. The number of carbonyl (C=O) groups excluding carboxylic acids is 1. The highest BCUT2D eigenvalue weighted by atomic mass is 32.1. The van der Waals surface area contributed by atoms with Gasteiger partial charge >= 0.3 is 0 Å². The Hall–Kier alpha value is -0.980. The van der Waals surface area contributed by atoms with Gasteiger partial charge in [0.05, 0.1) is 6.10 Å². The monoisotopic (exact) mass is 215 g/mol. The zero-order valence-corrected chi connectivity index (χ0v) is 8.88. The summed E-state index contributed by atoms with van der Waals surface area (Å²) in [7, 11) is 1.52. The van der Waals surface area contributed by atoms with Gasteiger partial charge in [-0.2, -0.15) is 0 Å². The van der Waals surface area contributed by atoms with Crippen molar-refractivity contribution in [2.75, 3.05) is 12.4 Å². The first-order chi connectivity index (χ1) is 6.65. The van der Waals surface area contributed by atoms with E-state index in [-0.39, 0.29) is 12.0 Å². The van der Waals surface area contributed by atoms with E-state index in [4.69, 9.17) is 10.5 Å². The maximum Gasteiger partial charge on any atom is 0.245 e. The first kappa shape index (κ1) is 11.1. The molecule has 1 amide bonds. The number of thiazole rings is 1. The van der Waals surface area contributed by atoms with Crippen molar-refractivity contribution < 1.29 is 9.53 Å². The van der Waals surface area contributed by atoms with Crippen molar-refractivity contribution in [3.05, 3.63) is 11.6 Å². The topological polar surface area (TPSA) is 77.2 Å². The number of nitrogens with two attached hydrogens (primary N) is 1. The normalized spacial score (nSPS) is 14.8. The molecule has 3 N–H and O–H groups in total. The third-order valence-electron chi connectivity index (χ3n) is 1.84. The van der Waals surface area contributed by atoms with Crippen LogP contribution in [0.2, 0.25) is 0 Å². The Labute approximate surface area is 86.3 Å². The zero-order valence-electron chi connectivity index (χ0n) is 8.06. The van der Waals surface area contributed by atoms with Gasteiger partial charge in [0.15, 0.2) is 5.13 Å². The molecule has 6 heteroatoms. The van der Waals surface area contributed by atoms with Crippen LogP contribution in [0.3, 0.4) is 0 Å². The van der Waals surface area contributed by atoms with E-state index in [9.17, 15) is 4.79 Å². The van der Waals surface area contributed by atoms with Crippen LogP contribution in [0.5, 0.6) is 0 Å². The van der Waals surface area contributed by atoms with E-state index in [0.29, 0.717) is 5.13 Å². The second kappa shape index (κ2) is 5.04. The van der Waals surface area contributed by atoms with Crippen LogP contribution >= 0.6 is 11.3 Å². The van der Waals surface area contributed by atoms with Gasteiger partial charge < -0.3 is 15.8 Å². The third kappa shape index (κ3) is 2.76. The number of methoxy groups -OCH3 is 1. The highest BCUT2D eigenvalue weighted by molar-refractivity contribution is 7.13. The molecule has 0 aliphatic heterocycles. The lowest BCUT2D eigenvalue weighted by Crippen LogP contribution is -2.44. The van der Waals surface area contributed by atoms with Gasteiger partial charge in [0.25, 0.3) is 0 Å². The fourth-order valence-electron chi connectivity index (χ4n) is 0.834. The van der Waals surface area contributed by atoms with E-state index < -0.39 is 6.04 Å². The molecule has 1 aromatic heterocycles. The lowest BCUT2D eigenvalue weighted by atomic mass is 10.2. The minimum absolute atomic E-state index is 0.283. The maximum absolute atomic E-state index is 11.5. The van der Waals surface area contributed by atoms with Gasteiger partial charge in [0.1, 0.15) is 6.04 Å². The Morgan fingerprint density at radius 1 is 1.79 bits per heavy atom. The molecule has 0 unspecified atom stereocenters. The Balaban J connectivity index is 2.50. The quantitative estimate of drug-likeness (QED) is 0.764. The molecule has 0 fully saturated rings. The van der Waals surface area contributed by atoms with E-state index in [2.05, 4.69) is 10.3 Å². The smallest absolute Gasteiger partial charge is 0.245 e. The first-order valence-corrected chi connectivity index (χ1v) is 5.02. The molecule has 5 nitrogen and oxygen atoms in total. The number of carbonyl (C=O) groups is 1. The molecule has 0 aliphatic rings. The molecule has 0 saturated carbocycles. The fraction of sp³-hybridized carbons (Fsp3) is 0.500. The summed E-state index contributed by atoms with van der Waals surface area (Å²) in [6.45, 7) is 1.74. The predicted octanol–water partition coefficient (Wildman–Crippen LogP) is 0.444. The predicted molar refractivity (Wildman–Crippen MR) is 55.2 cm³/mol. The van der Waals surface area contributed by atoms with Gasteiger partial charge in [-0.1, -0.05) is 0 Å². The molecule has 1 rings (SSSR count). The standard InChI is InChI=1S/C8H13N3O2S/c1-5(13-2)6(9)7(12)11-8-10-3-4-14-8/h3-6H,9H2,1-2H3,(H,10,11,12)/t5-,6+/m1/s1. The minimum atomic E-state index is -0.677. The molecular formula is C8H13N3O2S. The second-order valence-corrected chi connectivity index (χ2v) is 3.69. The van der Waals surface area contributed by atoms with Crippen LogP contribution in [-0.2, 0) is 9.53 Å². The number of aromatic nitrogens is 1. The van der Waals surface area contributed by atoms with Crippen molar-refractivity contribution in [2.24, 2.45) is 5.73 Å². The van der Waals surface area contributed by atoms with Gasteiger partial charge in [-0.15, -0.1) is 11.3 Å². The van der Waals surface area contributed by atoms with Crippen molar-refractivity contribution >= 4 is 22.4 Å². The average molecular weight is 215 g/mol. The molecule has 0 saturated heterocycles. The summed E-state index contributed by atoms with van der Waals surface area (Å²) in [6, 6.07) is -0.677. The molecule has 0 aromatic carbocycles. The van der Waals surface area contributed by atoms with E-state index in [1.54, 1.807) is 18.5 Å². The highest BCUT2D eigenvalue weighted by Gasteiger charge is 2.20. The van der Waals surface area contributed by atoms with Crippen LogP contribution in [0, 0.1) is 0 Å². The molecule has 2 atom stereocenters. The molecule has 0 spiro atoms. The number of amides is 1. The molecule has 14 heavy (non-hydrogen) atoms. The zero-order chi connectivity index (χ0) is 10.6. The van der Waals surface area contributed by atoms with Crippen molar-refractivity contribution in [3.63, 3.8) is 0 Å². The van der Waals surface area contributed by atoms with Gasteiger partial charge in [-0.05, 0) is 6.92 Å². The van der Waals surface area contributed by atoms with Crippen molar-refractivity contribution in [2.45, 2.75) is 19.1 Å². The highest BCUT2D eigenvalue weighted by Crippen LogP contribution is 2.10. The fourth-order valence-corrected chi connectivity index (χ4v) is 1.37. The summed E-state index contributed by atoms with van der Waals surface area (Å²) >= 11 is 1.35. The Bertz CT molecular complexity index is 289. The average Bonchev–Trinajstić information content (AvgIpc) is 2.68. The number of nitrogens with zero attached hydrogens (tertiary/aromatic N) is 1. The van der Waals surface area contributed by atoms with Gasteiger partial charge in [-0.25, -0.2) is 4.98 Å². The number of hydrogen-bond donors (Lipinski definition) is 2. The largest absolute Gasteiger partial charge is 0.380 e. The van der Waals surface area contributed by atoms with E-state index in [0.717, 1.165) is 0 Å².